The molecule has 3 aromatic rings. The second kappa shape index (κ2) is 8.91. The van der Waals surface area contributed by atoms with Gasteiger partial charge in [0.15, 0.2) is 0 Å². The van der Waals surface area contributed by atoms with E-state index in [4.69, 9.17) is 9.26 Å². The van der Waals surface area contributed by atoms with Crippen LogP contribution in [0, 0.1) is 10.1 Å². The van der Waals surface area contributed by atoms with Crippen LogP contribution in [0.15, 0.2) is 53.1 Å². The standard InChI is InChI=1S/C21H23N5O4/c1-2-29-17-9-7-16(8-10-17)21-22-20(30-23-21)15-24-11-13-25(14-12-24)18-5-3-4-6-19(18)26(27)28/h3-10H,2,11-15H2,1H3. The summed E-state index contributed by atoms with van der Waals surface area (Å²) >= 11 is 0. The van der Waals surface area contributed by atoms with Crippen molar-refractivity contribution in [2.75, 3.05) is 37.7 Å². The van der Waals surface area contributed by atoms with Crippen LogP contribution in [0.1, 0.15) is 12.8 Å². The molecule has 0 amide bonds. The van der Waals surface area contributed by atoms with Gasteiger partial charge < -0.3 is 14.2 Å². The number of piperazine rings is 1. The monoisotopic (exact) mass is 409 g/mol. The molecule has 9 heteroatoms. The van der Waals surface area contributed by atoms with Gasteiger partial charge in [0, 0.05) is 37.8 Å². The van der Waals surface area contributed by atoms with Gasteiger partial charge in [-0.2, -0.15) is 4.98 Å². The quantitative estimate of drug-likeness (QED) is 0.433. The maximum atomic E-state index is 11.3. The van der Waals surface area contributed by atoms with Crippen molar-refractivity contribution >= 4 is 11.4 Å². The van der Waals surface area contributed by atoms with Crippen LogP contribution < -0.4 is 9.64 Å². The first kappa shape index (κ1) is 19.8. The molecule has 0 saturated carbocycles. The van der Waals surface area contributed by atoms with Gasteiger partial charge in [-0.3, -0.25) is 15.0 Å². The minimum Gasteiger partial charge on any atom is -0.494 e. The Hall–Kier alpha value is -3.46. The van der Waals surface area contributed by atoms with Crippen LogP contribution in [-0.4, -0.2) is 52.7 Å². The van der Waals surface area contributed by atoms with E-state index in [0.29, 0.717) is 43.6 Å². The molecule has 1 saturated heterocycles. The van der Waals surface area contributed by atoms with E-state index < -0.39 is 0 Å². The molecule has 0 radical (unpaired) electrons. The van der Waals surface area contributed by atoms with Gasteiger partial charge in [-0.25, -0.2) is 0 Å². The lowest BCUT2D eigenvalue weighted by molar-refractivity contribution is -0.384. The number of anilines is 1. The van der Waals surface area contributed by atoms with Crippen LogP contribution in [0.2, 0.25) is 0 Å². The number of nitrogens with zero attached hydrogens (tertiary/aromatic N) is 5. The number of benzene rings is 2. The van der Waals surface area contributed by atoms with Gasteiger partial charge in [-0.05, 0) is 37.3 Å². The summed E-state index contributed by atoms with van der Waals surface area (Å²) in [6.45, 7) is 6.03. The van der Waals surface area contributed by atoms with E-state index in [2.05, 4.69) is 15.0 Å². The topological polar surface area (TPSA) is 97.8 Å². The predicted molar refractivity (Wildman–Crippen MR) is 111 cm³/mol. The van der Waals surface area contributed by atoms with Crippen molar-refractivity contribution in [2.24, 2.45) is 0 Å². The van der Waals surface area contributed by atoms with Crippen molar-refractivity contribution < 1.29 is 14.2 Å². The zero-order chi connectivity index (χ0) is 20.9. The second-order valence-corrected chi connectivity index (χ2v) is 6.98. The van der Waals surface area contributed by atoms with E-state index >= 15 is 0 Å². The van der Waals surface area contributed by atoms with E-state index in [9.17, 15) is 10.1 Å². The fraction of sp³-hybridized carbons (Fsp3) is 0.333. The molecule has 0 aliphatic carbocycles. The molecule has 1 aromatic heterocycles. The molecule has 156 valence electrons. The van der Waals surface area contributed by atoms with Gasteiger partial charge in [0.05, 0.1) is 18.1 Å². The molecule has 0 N–H and O–H groups in total. The van der Waals surface area contributed by atoms with E-state index in [-0.39, 0.29) is 10.6 Å². The van der Waals surface area contributed by atoms with Gasteiger partial charge in [0.25, 0.3) is 5.69 Å². The Morgan fingerprint density at radius 2 is 1.83 bits per heavy atom. The Kier molecular flexibility index (Phi) is 5.89. The molecule has 0 unspecified atom stereocenters. The Morgan fingerprint density at radius 1 is 1.10 bits per heavy atom. The van der Waals surface area contributed by atoms with Crippen LogP contribution in [0.4, 0.5) is 11.4 Å². The highest BCUT2D eigenvalue weighted by atomic mass is 16.6. The number of hydrogen-bond donors (Lipinski definition) is 0. The summed E-state index contributed by atoms with van der Waals surface area (Å²) in [5.41, 5.74) is 1.68. The van der Waals surface area contributed by atoms with Crippen LogP contribution in [0.25, 0.3) is 11.4 Å². The fourth-order valence-electron chi connectivity index (χ4n) is 3.53. The maximum Gasteiger partial charge on any atom is 0.292 e. The van der Waals surface area contributed by atoms with E-state index in [1.54, 1.807) is 18.2 Å². The van der Waals surface area contributed by atoms with Crippen molar-refractivity contribution in [1.29, 1.82) is 0 Å². The first-order valence-corrected chi connectivity index (χ1v) is 9.90. The predicted octanol–water partition coefficient (Wildman–Crippen LogP) is 3.37. The summed E-state index contributed by atoms with van der Waals surface area (Å²) in [6.07, 6.45) is 0. The van der Waals surface area contributed by atoms with E-state index in [1.165, 1.54) is 0 Å². The molecule has 0 atom stereocenters. The molecule has 0 bridgehead atoms. The minimum absolute atomic E-state index is 0.142. The summed E-state index contributed by atoms with van der Waals surface area (Å²) < 4.78 is 10.9. The third-order valence-electron chi connectivity index (χ3n) is 5.04. The molecule has 30 heavy (non-hydrogen) atoms. The first-order chi connectivity index (χ1) is 14.6. The van der Waals surface area contributed by atoms with Gasteiger partial charge >= 0.3 is 0 Å². The summed E-state index contributed by atoms with van der Waals surface area (Å²) in [7, 11) is 0. The Labute approximate surface area is 174 Å². The maximum absolute atomic E-state index is 11.3. The van der Waals surface area contributed by atoms with Crippen LogP contribution in [0.3, 0.4) is 0 Å². The summed E-state index contributed by atoms with van der Waals surface area (Å²) in [6, 6.07) is 14.5. The Bertz CT molecular complexity index is 997. The summed E-state index contributed by atoms with van der Waals surface area (Å²) in [4.78, 5) is 19.7. The van der Waals surface area contributed by atoms with Gasteiger partial charge in [-0.1, -0.05) is 17.3 Å². The lowest BCUT2D eigenvalue weighted by Gasteiger charge is -2.35. The number of nitro groups is 1. The number of para-hydroxylation sites is 2. The van der Waals surface area contributed by atoms with Crippen molar-refractivity contribution in [1.82, 2.24) is 15.0 Å². The van der Waals surface area contributed by atoms with Crippen LogP contribution in [0.5, 0.6) is 5.75 Å². The van der Waals surface area contributed by atoms with Gasteiger partial charge in [-0.15, -0.1) is 0 Å². The molecule has 1 fully saturated rings. The second-order valence-electron chi connectivity index (χ2n) is 6.98. The zero-order valence-corrected chi connectivity index (χ0v) is 16.7. The van der Waals surface area contributed by atoms with Crippen LogP contribution >= 0.6 is 0 Å². The smallest absolute Gasteiger partial charge is 0.292 e. The normalized spacial score (nSPS) is 14.6. The summed E-state index contributed by atoms with van der Waals surface area (Å²) in [5.74, 6) is 1.91. The molecule has 1 aliphatic heterocycles. The molecule has 0 spiro atoms. The van der Waals surface area contributed by atoms with Crippen molar-refractivity contribution in [3.8, 4) is 17.1 Å². The molecule has 2 aromatic carbocycles. The third-order valence-corrected chi connectivity index (χ3v) is 5.04. The van der Waals surface area contributed by atoms with Gasteiger partial charge in [0.1, 0.15) is 11.4 Å². The number of nitro benzene ring substituents is 1. The number of hydrogen-bond acceptors (Lipinski definition) is 8. The van der Waals surface area contributed by atoms with E-state index in [1.807, 2.05) is 42.2 Å². The third kappa shape index (κ3) is 4.41. The molecule has 9 nitrogen and oxygen atoms in total. The number of aromatic nitrogens is 2. The summed E-state index contributed by atoms with van der Waals surface area (Å²) in [5, 5.41) is 15.4. The molecule has 1 aliphatic rings. The highest BCUT2D eigenvalue weighted by Crippen LogP contribution is 2.28. The fourth-order valence-corrected chi connectivity index (χ4v) is 3.53. The highest BCUT2D eigenvalue weighted by molar-refractivity contribution is 5.63. The van der Waals surface area contributed by atoms with Crippen LogP contribution in [-0.2, 0) is 6.54 Å². The average molecular weight is 409 g/mol. The Balaban J connectivity index is 1.35. The first-order valence-electron chi connectivity index (χ1n) is 9.90. The SMILES string of the molecule is CCOc1ccc(-c2noc(CN3CCN(c4ccccc4[N+](=O)[O-])CC3)n2)cc1. The number of rotatable bonds is 7. The zero-order valence-electron chi connectivity index (χ0n) is 16.7. The Morgan fingerprint density at radius 3 is 2.53 bits per heavy atom. The minimum atomic E-state index is -0.331. The largest absolute Gasteiger partial charge is 0.494 e. The van der Waals surface area contributed by atoms with Crippen molar-refractivity contribution in [2.45, 2.75) is 13.5 Å². The van der Waals surface area contributed by atoms with E-state index in [0.717, 1.165) is 24.4 Å². The lowest BCUT2D eigenvalue weighted by Crippen LogP contribution is -2.46. The van der Waals surface area contributed by atoms with Crippen molar-refractivity contribution in [3.63, 3.8) is 0 Å². The van der Waals surface area contributed by atoms with Gasteiger partial charge in [0.2, 0.25) is 11.7 Å². The average Bonchev–Trinajstić information content (AvgIpc) is 3.23. The molecule has 4 rings (SSSR count). The highest BCUT2D eigenvalue weighted by Gasteiger charge is 2.24. The molecular formula is C21H23N5O4. The molecular weight excluding hydrogens is 386 g/mol. The molecule has 2 heterocycles. The lowest BCUT2D eigenvalue weighted by atomic mass is 10.2. The number of ether oxygens (including phenoxy) is 1. The van der Waals surface area contributed by atoms with Crippen molar-refractivity contribution in [3.05, 3.63) is 64.5 Å².